The number of hydrogen-bond acceptors (Lipinski definition) is 4. The first-order valence-corrected chi connectivity index (χ1v) is 3.83. The summed E-state index contributed by atoms with van der Waals surface area (Å²) in [5.41, 5.74) is 0. The van der Waals surface area contributed by atoms with Gasteiger partial charge in [-0.3, -0.25) is 4.89 Å². The highest BCUT2D eigenvalue weighted by molar-refractivity contribution is 5.58. The van der Waals surface area contributed by atoms with Gasteiger partial charge in [0.25, 0.3) is 0 Å². The molecule has 0 aliphatic heterocycles. The molecule has 0 aromatic heterocycles. The molecule has 0 atom stereocenters. The van der Waals surface area contributed by atoms with Crippen LogP contribution in [0.2, 0.25) is 0 Å². The molecule has 0 N–H and O–H groups in total. The zero-order chi connectivity index (χ0) is 9.40. The third-order valence-corrected chi connectivity index (χ3v) is 0.970. The van der Waals surface area contributed by atoms with Crippen LogP contribution in [0.25, 0.3) is 0 Å². The van der Waals surface area contributed by atoms with Gasteiger partial charge in [-0.2, -0.15) is 4.79 Å². The minimum absolute atomic E-state index is 0.308. The van der Waals surface area contributed by atoms with Gasteiger partial charge in [-0.1, -0.05) is 19.9 Å². The van der Waals surface area contributed by atoms with E-state index in [9.17, 15) is 4.79 Å². The number of ether oxygens (including phenoxy) is 1. The minimum atomic E-state index is -0.827. The van der Waals surface area contributed by atoms with E-state index >= 15 is 0 Å². The van der Waals surface area contributed by atoms with Gasteiger partial charge in [-0.15, -0.1) is 0 Å². The maximum atomic E-state index is 10.6. The lowest BCUT2D eigenvalue weighted by molar-refractivity contribution is -0.220. The monoisotopic (exact) mass is 174 g/mol. The van der Waals surface area contributed by atoms with Crippen molar-refractivity contribution in [3.05, 3.63) is 12.3 Å². The Balaban J connectivity index is 3.28. The Kier molecular flexibility index (Phi) is 5.87. The second-order valence-corrected chi connectivity index (χ2v) is 2.32. The molecule has 0 rings (SSSR count). The van der Waals surface area contributed by atoms with Crippen molar-refractivity contribution in [3.8, 4) is 0 Å². The van der Waals surface area contributed by atoms with Crippen LogP contribution in [0.1, 0.15) is 26.7 Å². The second kappa shape index (κ2) is 6.52. The van der Waals surface area contributed by atoms with Gasteiger partial charge in [0.05, 0.1) is 6.61 Å². The van der Waals surface area contributed by atoms with Gasteiger partial charge in [0.2, 0.25) is 0 Å². The Morgan fingerprint density at radius 3 is 2.58 bits per heavy atom. The normalized spacial score (nSPS) is 8.83. The summed E-state index contributed by atoms with van der Waals surface area (Å²) >= 11 is 0. The smallest absolute Gasteiger partial charge is 0.432 e. The third kappa shape index (κ3) is 6.92. The van der Waals surface area contributed by atoms with E-state index in [-0.39, 0.29) is 0 Å². The zero-order valence-electron chi connectivity index (χ0n) is 7.46. The number of hydrogen-bond donors (Lipinski definition) is 0. The summed E-state index contributed by atoms with van der Waals surface area (Å²) in [7, 11) is 0. The van der Waals surface area contributed by atoms with Crippen LogP contribution < -0.4 is 0 Å². The molecule has 0 aromatic carbocycles. The third-order valence-electron chi connectivity index (χ3n) is 0.970. The lowest BCUT2D eigenvalue weighted by atomic mass is 10.4. The van der Waals surface area contributed by atoms with Crippen LogP contribution in [0.4, 0.5) is 4.79 Å². The fourth-order valence-corrected chi connectivity index (χ4v) is 0.429. The van der Waals surface area contributed by atoms with Gasteiger partial charge in [0.1, 0.15) is 5.76 Å². The molecule has 0 aliphatic rings. The Labute approximate surface area is 72.0 Å². The summed E-state index contributed by atoms with van der Waals surface area (Å²) in [6.45, 7) is 7.29. The van der Waals surface area contributed by atoms with E-state index in [4.69, 9.17) is 0 Å². The van der Waals surface area contributed by atoms with E-state index in [1.54, 1.807) is 6.92 Å². The second-order valence-electron chi connectivity index (χ2n) is 2.32. The van der Waals surface area contributed by atoms with Crippen molar-refractivity contribution in [2.45, 2.75) is 26.7 Å². The van der Waals surface area contributed by atoms with Crippen LogP contribution in [-0.4, -0.2) is 12.8 Å². The Morgan fingerprint density at radius 1 is 1.42 bits per heavy atom. The molecule has 0 radical (unpaired) electrons. The van der Waals surface area contributed by atoms with E-state index in [0.717, 1.165) is 12.8 Å². The van der Waals surface area contributed by atoms with Crippen molar-refractivity contribution in [1.29, 1.82) is 0 Å². The lowest BCUT2D eigenvalue weighted by Crippen LogP contribution is -2.08. The van der Waals surface area contributed by atoms with Crippen molar-refractivity contribution in [3.63, 3.8) is 0 Å². The van der Waals surface area contributed by atoms with Crippen molar-refractivity contribution in [2.75, 3.05) is 6.61 Å². The SMILES string of the molecule is C=C(C)OOC(=O)OCCCC. The van der Waals surface area contributed by atoms with E-state index in [1.807, 2.05) is 6.92 Å². The minimum Gasteiger partial charge on any atom is -0.432 e. The summed E-state index contributed by atoms with van der Waals surface area (Å²) in [6.07, 6.45) is 0.961. The maximum Gasteiger partial charge on any atom is 0.549 e. The van der Waals surface area contributed by atoms with E-state index in [2.05, 4.69) is 21.1 Å². The molecule has 70 valence electrons. The predicted octanol–water partition coefficient (Wildman–Crippen LogP) is 2.40. The van der Waals surface area contributed by atoms with Gasteiger partial charge < -0.3 is 4.74 Å². The quantitative estimate of drug-likeness (QED) is 0.211. The summed E-state index contributed by atoms with van der Waals surface area (Å²) in [6, 6.07) is 0. The van der Waals surface area contributed by atoms with E-state index < -0.39 is 6.16 Å². The number of allylic oxidation sites excluding steroid dienone is 1. The first-order chi connectivity index (χ1) is 5.66. The van der Waals surface area contributed by atoms with Crippen LogP contribution in [0.15, 0.2) is 12.3 Å². The van der Waals surface area contributed by atoms with Crippen LogP contribution in [0.5, 0.6) is 0 Å². The molecule has 4 heteroatoms. The molecule has 0 aromatic rings. The Hall–Kier alpha value is -1.19. The molecule has 4 nitrogen and oxygen atoms in total. The van der Waals surface area contributed by atoms with Crippen LogP contribution in [0.3, 0.4) is 0 Å². The first kappa shape index (κ1) is 10.8. The predicted molar refractivity (Wildman–Crippen MR) is 43.2 cm³/mol. The molecule has 12 heavy (non-hydrogen) atoms. The Bertz CT molecular complexity index is 153. The Morgan fingerprint density at radius 2 is 2.08 bits per heavy atom. The molecular weight excluding hydrogens is 160 g/mol. The highest BCUT2D eigenvalue weighted by atomic mass is 17.2. The number of unbranched alkanes of at least 4 members (excludes halogenated alkanes) is 1. The van der Waals surface area contributed by atoms with Gasteiger partial charge in [0.15, 0.2) is 0 Å². The molecule has 0 saturated heterocycles. The highest BCUT2D eigenvalue weighted by Gasteiger charge is 2.03. The molecule has 0 bridgehead atoms. The van der Waals surface area contributed by atoms with Gasteiger partial charge in [-0.25, -0.2) is 4.89 Å². The molecule has 0 heterocycles. The molecule has 0 aliphatic carbocycles. The average Bonchev–Trinajstić information content (AvgIpc) is 2.01. The molecule has 0 unspecified atom stereocenters. The van der Waals surface area contributed by atoms with Crippen LogP contribution in [-0.2, 0) is 14.5 Å². The molecule has 0 amide bonds. The summed E-state index contributed by atoms with van der Waals surface area (Å²) < 4.78 is 4.61. The largest absolute Gasteiger partial charge is 0.549 e. The van der Waals surface area contributed by atoms with E-state index in [0.29, 0.717) is 12.4 Å². The van der Waals surface area contributed by atoms with Crippen LogP contribution >= 0.6 is 0 Å². The number of carbonyl (C=O) groups excluding carboxylic acids is 1. The first-order valence-electron chi connectivity index (χ1n) is 3.83. The maximum absolute atomic E-state index is 10.6. The summed E-state index contributed by atoms with van der Waals surface area (Å²) in [4.78, 5) is 19.2. The summed E-state index contributed by atoms with van der Waals surface area (Å²) in [5, 5.41) is 0. The topological polar surface area (TPSA) is 44.8 Å². The number of rotatable bonds is 5. The highest BCUT2D eigenvalue weighted by Crippen LogP contribution is 1.96. The van der Waals surface area contributed by atoms with Gasteiger partial charge >= 0.3 is 6.16 Å². The molecule has 0 spiro atoms. The van der Waals surface area contributed by atoms with Gasteiger partial charge in [0, 0.05) is 0 Å². The molecular formula is C8H14O4. The van der Waals surface area contributed by atoms with Crippen molar-refractivity contribution in [1.82, 2.24) is 0 Å². The fraction of sp³-hybridized carbons (Fsp3) is 0.625. The van der Waals surface area contributed by atoms with Crippen LogP contribution in [0, 0.1) is 0 Å². The summed E-state index contributed by atoms with van der Waals surface area (Å²) in [5.74, 6) is 0.308. The molecule has 0 saturated carbocycles. The van der Waals surface area contributed by atoms with Crippen molar-refractivity contribution in [2.24, 2.45) is 0 Å². The van der Waals surface area contributed by atoms with E-state index in [1.165, 1.54) is 0 Å². The standard InChI is InChI=1S/C8H14O4/c1-4-5-6-10-8(9)12-11-7(2)3/h2,4-6H2,1,3H3. The van der Waals surface area contributed by atoms with Gasteiger partial charge in [-0.05, 0) is 13.3 Å². The van der Waals surface area contributed by atoms with Crippen molar-refractivity contribution < 1.29 is 19.3 Å². The average molecular weight is 174 g/mol. The number of carbonyl (C=O) groups is 1. The van der Waals surface area contributed by atoms with Crippen molar-refractivity contribution >= 4 is 6.16 Å². The molecule has 0 fully saturated rings. The zero-order valence-corrected chi connectivity index (χ0v) is 7.46. The lowest BCUT2D eigenvalue weighted by Gasteiger charge is -2.03. The fourth-order valence-electron chi connectivity index (χ4n) is 0.429.